The molecule has 30 heavy (non-hydrogen) atoms. The summed E-state index contributed by atoms with van der Waals surface area (Å²) in [6, 6.07) is 17.6. The van der Waals surface area contributed by atoms with Crippen molar-refractivity contribution in [1.29, 1.82) is 0 Å². The minimum Gasteiger partial charge on any atom is -0.497 e. The summed E-state index contributed by atoms with van der Waals surface area (Å²) in [7, 11) is 1.62. The molecule has 0 radical (unpaired) electrons. The molecule has 1 fully saturated rings. The van der Waals surface area contributed by atoms with Crippen LogP contribution in [0.25, 0.3) is 11.3 Å². The average Bonchev–Trinajstić information content (AvgIpc) is 2.79. The van der Waals surface area contributed by atoms with Crippen LogP contribution in [0.2, 0.25) is 0 Å². The number of benzene rings is 2. The van der Waals surface area contributed by atoms with Crippen molar-refractivity contribution >= 4 is 11.7 Å². The summed E-state index contributed by atoms with van der Waals surface area (Å²) in [6.07, 6.45) is 0. The number of aromatic nitrogens is 2. The summed E-state index contributed by atoms with van der Waals surface area (Å²) in [4.78, 5) is 16.8. The van der Waals surface area contributed by atoms with E-state index in [1.54, 1.807) is 7.11 Å². The first-order valence-corrected chi connectivity index (χ1v) is 10.1. The van der Waals surface area contributed by atoms with Gasteiger partial charge in [0.1, 0.15) is 5.75 Å². The molecule has 0 bridgehead atoms. The van der Waals surface area contributed by atoms with Crippen LogP contribution in [0.5, 0.6) is 5.75 Å². The molecule has 4 rings (SSSR count). The van der Waals surface area contributed by atoms with Gasteiger partial charge in [-0.05, 0) is 55.8 Å². The van der Waals surface area contributed by atoms with E-state index in [9.17, 15) is 4.79 Å². The van der Waals surface area contributed by atoms with E-state index >= 15 is 0 Å². The largest absolute Gasteiger partial charge is 0.497 e. The van der Waals surface area contributed by atoms with E-state index < -0.39 is 0 Å². The molecule has 3 aromatic rings. The molecular weight excluding hydrogens is 376 g/mol. The van der Waals surface area contributed by atoms with Gasteiger partial charge in [0.15, 0.2) is 5.82 Å². The molecule has 154 valence electrons. The molecule has 6 heteroatoms. The van der Waals surface area contributed by atoms with Gasteiger partial charge in [0, 0.05) is 37.3 Å². The standard InChI is InChI=1S/C24H26N4O2/c1-17-4-9-21(18(2)16-17)22-10-11-23(26-25-22)27-12-14-28(15-13-27)24(29)19-5-7-20(30-3)8-6-19/h4-11,16H,12-15H2,1-3H3. The third kappa shape index (κ3) is 4.13. The van der Waals surface area contributed by atoms with Crippen LogP contribution in [0.1, 0.15) is 21.5 Å². The lowest BCUT2D eigenvalue weighted by Gasteiger charge is -2.35. The van der Waals surface area contributed by atoms with Crippen molar-refractivity contribution in [1.82, 2.24) is 15.1 Å². The Hall–Kier alpha value is -3.41. The maximum absolute atomic E-state index is 12.7. The zero-order chi connectivity index (χ0) is 21.1. The molecule has 1 aromatic heterocycles. The van der Waals surface area contributed by atoms with E-state index in [1.807, 2.05) is 41.3 Å². The van der Waals surface area contributed by atoms with Crippen LogP contribution in [0.3, 0.4) is 0 Å². The Bertz CT molecular complexity index is 1020. The number of amides is 1. The number of rotatable bonds is 4. The molecular formula is C24H26N4O2. The fraction of sp³-hybridized carbons (Fsp3) is 0.292. The first-order chi connectivity index (χ1) is 14.5. The topological polar surface area (TPSA) is 58.6 Å². The van der Waals surface area contributed by atoms with Gasteiger partial charge in [-0.3, -0.25) is 4.79 Å². The molecule has 0 unspecified atom stereocenters. The lowest BCUT2D eigenvalue weighted by atomic mass is 10.0. The van der Waals surface area contributed by atoms with Crippen molar-refractivity contribution in [3.05, 3.63) is 71.3 Å². The number of nitrogens with zero attached hydrogens (tertiary/aromatic N) is 4. The normalized spacial score (nSPS) is 14.0. The summed E-state index contributed by atoms with van der Waals surface area (Å²) in [5.74, 6) is 1.65. The lowest BCUT2D eigenvalue weighted by molar-refractivity contribution is 0.0746. The van der Waals surface area contributed by atoms with Crippen molar-refractivity contribution in [2.45, 2.75) is 13.8 Å². The van der Waals surface area contributed by atoms with Crippen LogP contribution in [0.4, 0.5) is 5.82 Å². The van der Waals surface area contributed by atoms with Crippen molar-refractivity contribution in [3.8, 4) is 17.0 Å². The molecule has 0 spiro atoms. The van der Waals surface area contributed by atoms with Crippen molar-refractivity contribution < 1.29 is 9.53 Å². The van der Waals surface area contributed by atoms with Gasteiger partial charge in [-0.25, -0.2) is 0 Å². The second-order valence-corrected chi connectivity index (χ2v) is 7.60. The van der Waals surface area contributed by atoms with Crippen molar-refractivity contribution in [2.24, 2.45) is 0 Å². The van der Waals surface area contributed by atoms with Gasteiger partial charge in [-0.15, -0.1) is 10.2 Å². The quantitative estimate of drug-likeness (QED) is 0.666. The Morgan fingerprint density at radius 2 is 1.63 bits per heavy atom. The van der Waals surface area contributed by atoms with E-state index in [-0.39, 0.29) is 5.91 Å². The number of hydrogen-bond donors (Lipinski definition) is 0. The second-order valence-electron chi connectivity index (χ2n) is 7.60. The predicted molar refractivity (Wildman–Crippen MR) is 118 cm³/mol. The molecule has 0 aliphatic carbocycles. The minimum absolute atomic E-state index is 0.0496. The summed E-state index contributed by atoms with van der Waals surface area (Å²) in [5, 5.41) is 8.90. The molecule has 1 aliphatic rings. The van der Waals surface area contributed by atoms with Gasteiger partial charge in [0.2, 0.25) is 0 Å². The number of methoxy groups -OCH3 is 1. The Labute approximate surface area is 177 Å². The first-order valence-electron chi connectivity index (χ1n) is 10.1. The van der Waals surface area contributed by atoms with Gasteiger partial charge >= 0.3 is 0 Å². The van der Waals surface area contributed by atoms with Crippen LogP contribution >= 0.6 is 0 Å². The van der Waals surface area contributed by atoms with Gasteiger partial charge < -0.3 is 14.5 Å². The highest BCUT2D eigenvalue weighted by Gasteiger charge is 2.23. The number of hydrogen-bond acceptors (Lipinski definition) is 5. The highest BCUT2D eigenvalue weighted by Crippen LogP contribution is 2.24. The number of carbonyl (C=O) groups excluding carboxylic acids is 1. The maximum atomic E-state index is 12.7. The molecule has 0 atom stereocenters. The summed E-state index contributed by atoms with van der Waals surface area (Å²) < 4.78 is 5.16. The lowest BCUT2D eigenvalue weighted by Crippen LogP contribution is -2.49. The van der Waals surface area contributed by atoms with Gasteiger partial charge in [0.05, 0.1) is 12.8 Å². The number of carbonyl (C=O) groups is 1. The van der Waals surface area contributed by atoms with E-state index in [0.29, 0.717) is 18.7 Å². The predicted octanol–water partition coefficient (Wildman–Crippen LogP) is 3.73. The Balaban J connectivity index is 1.39. The summed E-state index contributed by atoms with van der Waals surface area (Å²) in [6.45, 7) is 6.97. The van der Waals surface area contributed by atoms with Crippen LogP contribution in [0.15, 0.2) is 54.6 Å². The van der Waals surface area contributed by atoms with E-state index in [2.05, 4.69) is 47.1 Å². The second kappa shape index (κ2) is 8.53. The fourth-order valence-electron chi connectivity index (χ4n) is 3.79. The van der Waals surface area contributed by atoms with Crippen LogP contribution in [-0.4, -0.2) is 54.3 Å². The number of aryl methyl sites for hydroxylation is 2. The molecule has 2 heterocycles. The van der Waals surface area contributed by atoms with E-state index in [1.165, 1.54) is 11.1 Å². The van der Waals surface area contributed by atoms with Gasteiger partial charge in [0.25, 0.3) is 5.91 Å². The van der Waals surface area contributed by atoms with Gasteiger partial charge in [-0.1, -0.05) is 23.8 Å². The number of anilines is 1. The molecule has 0 N–H and O–H groups in total. The summed E-state index contributed by atoms with van der Waals surface area (Å²) >= 11 is 0. The third-order valence-electron chi connectivity index (χ3n) is 5.54. The SMILES string of the molecule is COc1ccc(C(=O)N2CCN(c3ccc(-c4ccc(C)cc4C)nn3)CC2)cc1. The number of ether oxygens (including phenoxy) is 1. The first kappa shape index (κ1) is 19.9. The Morgan fingerprint density at radius 3 is 2.23 bits per heavy atom. The molecule has 0 saturated carbocycles. The highest BCUT2D eigenvalue weighted by molar-refractivity contribution is 5.94. The highest BCUT2D eigenvalue weighted by atomic mass is 16.5. The summed E-state index contributed by atoms with van der Waals surface area (Å²) in [5.41, 5.74) is 5.10. The zero-order valence-corrected chi connectivity index (χ0v) is 17.6. The third-order valence-corrected chi connectivity index (χ3v) is 5.54. The number of piperazine rings is 1. The molecule has 1 aliphatic heterocycles. The Kier molecular flexibility index (Phi) is 5.65. The fourth-order valence-corrected chi connectivity index (χ4v) is 3.79. The molecule has 1 amide bonds. The smallest absolute Gasteiger partial charge is 0.253 e. The van der Waals surface area contributed by atoms with Crippen LogP contribution < -0.4 is 9.64 Å². The van der Waals surface area contributed by atoms with E-state index in [4.69, 9.17) is 4.74 Å². The molecule has 1 saturated heterocycles. The van der Waals surface area contributed by atoms with E-state index in [0.717, 1.165) is 35.9 Å². The van der Waals surface area contributed by atoms with Crippen molar-refractivity contribution in [3.63, 3.8) is 0 Å². The van der Waals surface area contributed by atoms with Gasteiger partial charge in [-0.2, -0.15) is 0 Å². The molecule has 6 nitrogen and oxygen atoms in total. The monoisotopic (exact) mass is 402 g/mol. The van der Waals surface area contributed by atoms with Crippen LogP contribution in [0, 0.1) is 13.8 Å². The Morgan fingerprint density at radius 1 is 0.900 bits per heavy atom. The minimum atomic E-state index is 0.0496. The average molecular weight is 402 g/mol. The zero-order valence-electron chi connectivity index (χ0n) is 17.6. The van der Waals surface area contributed by atoms with Crippen LogP contribution in [-0.2, 0) is 0 Å². The molecule has 2 aromatic carbocycles. The maximum Gasteiger partial charge on any atom is 0.253 e. The van der Waals surface area contributed by atoms with Crippen molar-refractivity contribution in [2.75, 3.05) is 38.2 Å².